The van der Waals surface area contributed by atoms with Gasteiger partial charge in [0.15, 0.2) is 5.60 Å². The average molecular weight is 401 g/mol. The molecule has 2 heterocycles. The summed E-state index contributed by atoms with van der Waals surface area (Å²) in [5.41, 5.74) is -0.583. The molecule has 110 valence electrons. The van der Waals surface area contributed by atoms with Crippen molar-refractivity contribution < 1.29 is 14.4 Å². The van der Waals surface area contributed by atoms with E-state index in [9.17, 15) is 10.1 Å². The monoisotopic (exact) mass is 401 g/mol. The zero-order valence-electron chi connectivity index (χ0n) is 11.2. The first-order valence-electron chi connectivity index (χ1n) is 6.24. The van der Waals surface area contributed by atoms with Gasteiger partial charge >= 0.3 is 11.8 Å². The number of ether oxygens (including phenoxy) is 2. The van der Waals surface area contributed by atoms with Gasteiger partial charge in [0, 0.05) is 8.55 Å². The Morgan fingerprint density at radius 2 is 2.24 bits per heavy atom. The van der Waals surface area contributed by atoms with E-state index in [1.807, 2.05) is 31.2 Å². The van der Waals surface area contributed by atoms with E-state index < -0.39 is 10.5 Å². The molecule has 0 radical (unpaired) electrons. The average Bonchev–Trinajstić information content (AvgIpc) is 2.93. The van der Waals surface area contributed by atoms with Gasteiger partial charge in [-0.1, -0.05) is 0 Å². The Morgan fingerprint density at radius 3 is 2.86 bits per heavy atom. The summed E-state index contributed by atoms with van der Waals surface area (Å²) < 4.78 is 14.2. The number of hydrogen-bond donors (Lipinski definition) is 0. The van der Waals surface area contributed by atoms with Gasteiger partial charge in [-0.2, -0.15) is 0 Å². The van der Waals surface area contributed by atoms with Crippen molar-refractivity contribution in [1.29, 1.82) is 0 Å². The molecule has 8 heteroatoms. The Bertz CT molecular complexity index is 660. The Labute approximate surface area is 134 Å². The van der Waals surface area contributed by atoms with Crippen LogP contribution in [0.5, 0.6) is 11.8 Å². The highest BCUT2D eigenvalue weighted by Crippen LogP contribution is 2.31. The predicted molar refractivity (Wildman–Crippen MR) is 82.6 cm³/mol. The Balaban J connectivity index is 1.65. The number of aromatic nitrogens is 2. The molecular weight excluding hydrogens is 389 g/mol. The largest absolute Gasteiger partial charge is 0.489 e. The van der Waals surface area contributed by atoms with Gasteiger partial charge in [-0.3, -0.25) is 4.57 Å². The highest BCUT2D eigenvalue weighted by Gasteiger charge is 2.41. The highest BCUT2D eigenvalue weighted by molar-refractivity contribution is 14.1. The second kappa shape index (κ2) is 5.17. The summed E-state index contributed by atoms with van der Waals surface area (Å²) in [6.07, 6.45) is 1.38. The molecule has 2 aromatic rings. The molecular formula is C13H12IN3O4. The zero-order valence-corrected chi connectivity index (χ0v) is 13.3. The lowest BCUT2D eigenvalue weighted by molar-refractivity contribution is -0.389. The summed E-state index contributed by atoms with van der Waals surface area (Å²) in [6, 6.07) is 7.97. The predicted octanol–water partition coefficient (Wildman–Crippen LogP) is 2.63. The highest BCUT2D eigenvalue weighted by atomic mass is 127. The van der Waals surface area contributed by atoms with Crippen LogP contribution in [0.3, 0.4) is 0 Å². The van der Waals surface area contributed by atoms with E-state index in [-0.39, 0.29) is 11.8 Å². The van der Waals surface area contributed by atoms with Gasteiger partial charge < -0.3 is 19.6 Å². The summed E-state index contributed by atoms with van der Waals surface area (Å²) in [7, 11) is 0. The summed E-state index contributed by atoms with van der Waals surface area (Å²) in [5.74, 6) is 0.557. The Hall–Kier alpha value is -1.84. The first kappa shape index (κ1) is 14.1. The summed E-state index contributed by atoms with van der Waals surface area (Å²) in [6.45, 7) is 2.69. The zero-order chi connectivity index (χ0) is 15.0. The van der Waals surface area contributed by atoms with Crippen LogP contribution in [0.2, 0.25) is 0 Å². The quantitative estimate of drug-likeness (QED) is 0.447. The van der Waals surface area contributed by atoms with Crippen molar-refractivity contribution in [2.45, 2.75) is 19.1 Å². The van der Waals surface area contributed by atoms with E-state index in [4.69, 9.17) is 9.47 Å². The standard InChI is InChI=1S/C13H12IN3O4/c1-13(8-20-10-4-2-9(14)3-5-10)7-16-6-11(17(18)19)15-12(16)21-13/h2-6H,7-8H2,1H3/t13-/m1/s1. The van der Waals surface area contributed by atoms with Crippen LogP contribution in [0.15, 0.2) is 30.5 Å². The number of fused-ring (bicyclic) bond motifs is 1. The van der Waals surface area contributed by atoms with Gasteiger partial charge in [0.05, 0.1) is 6.54 Å². The van der Waals surface area contributed by atoms with Gasteiger partial charge in [0.25, 0.3) is 0 Å². The topological polar surface area (TPSA) is 79.4 Å². The molecule has 0 fully saturated rings. The lowest BCUT2D eigenvalue weighted by Gasteiger charge is -2.22. The molecule has 1 aromatic carbocycles. The van der Waals surface area contributed by atoms with Gasteiger partial charge in [0.2, 0.25) is 0 Å². The minimum Gasteiger partial charge on any atom is -0.489 e. The molecule has 0 N–H and O–H groups in total. The molecule has 1 aliphatic rings. The van der Waals surface area contributed by atoms with Crippen LogP contribution in [0.25, 0.3) is 0 Å². The van der Waals surface area contributed by atoms with E-state index in [0.717, 1.165) is 9.32 Å². The van der Waals surface area contributed by atoms with Crippen molar-refractivity contribution in [3.63, 3.8) is 0 Å². The molecule has 0 saturated heterocycles. The van der Waals surface area contributed by atoms with E-state index in [0.29, 0.717) is 13.2 Å². The third kappa shape index (κ3) is 2.94. The maximum absolute atomic E-state index is 10.7. The van der Waals surface area contributed by atoms with Crippen LogP contribution in [0.4, 0.5) is 5.82 Å². The number of nitro groups is 1. The minimum absolute atomic E-state index is 0.203. The second-order valence-corrected chi connectivity index (χ2v) is 6.31. The molecule has 1 aromatic heterocycles. The lowest BCUT2D eigenvalue weighted by atomic mass is 10.1. The lowest BCUT2D eigenvalue weighted by Crippen LogP contribution is -2.38. The van der Waals surface area contributed by atoms with Crippen LogP contribution in [-0.2, 0) is 6.54 Å². The normalized spacial score (nSPS) is 19.9. The van der Waals surface area contributed by atoms with Crippen LogP contribution in [-0.4, -0.2) is 26.7 Å². The SMILES string of the molecule is C[C@]1(COc2ccc(I)cc2)Cn2cc([N+](=O)[O-])nc2O1. The number of rotatable bonds is 4. The van der Waals surface area contributed by atoms with E-state index in [2.05, 4.69) is 27.6 Å². The van der Waals surface area contributed by atoms with E-state index in [1.54, 1.807) is 4.57 Å². The molecule has 3 rings (SSSR count). The van der Waals surface area contributed by atoms with Crippen LogP contribution in [0.1, 0.15) is 6.92 Å². The molecule has 0 bridgehead atoms. The fourth-order valence-corrected chi connectivity index (χ4v) is 2.48. The molecule has 21 heavy (non-hydrogen) atoms. The molecule has 0 unspecified atom stereocenters. The first-order valence-corrected chi connectivity index (χ1v) is 7.32. The number of nitrogens with zero attached hydrogens (tertiary/aromatic N) is 3. The van der Waals surface area contributed by atoms with Crippen molar-refractivity contribution in [3.05, 3.63) is 44.1 Å². The van der Waals surface area contributed by atoms with Crippen LogP contribution >= 0.6 is 22.6 Å². The summed E-state index contributed by atoms with van der Waals surface area (Å²) >= 11 is 2.23. The van der Waals surface area contributed by atoms with Crippen molar-refractivity contribution in [2.75, 3.05) is 6.61 Å². The molecule has 1 atom stereocenters. The molecule has 0 spiro atoms. The van der Waals surface area contributed by atoms with Gasteiger partial charge in [0.1, 0.15) is 18.6 Å². The van der Waals surface area contributed by atoms with Gasteiger partial charge in [-0.15, -0.1) is 0 Å². The Morgan fingerprint density at radius 1 is 1.52 bits per heavy atom. The number of imidazole rings is 1. The first-order chi connectivity index (χ1) is 9.95. The summed E-state index contributed by atoms with van der Waals surface area (Å²) in [5, 5.41) is 10.7. The second-order valence-electron chi connectivity index (χ2n) is 5.06. The fraction of sp³-hybridized carbons (Fsp3) is 0.308. The minimum atomic E-state index is -0.583. The maximum Gasteiger partial charge on any atom is 0.415 e. The van der Waals surface area contributed by atoms with Crippen LogP contribution < -0.4 is 9.47 Å². The number of hydrogen-bond acceptors (Lipinski definition) is 5. The fourth-order valence-electron chi connectivity index (χ4n) is 2.12. The molecule has 0 aliphatic carbocycles. The molecule has 0 saturated carbocycles. The van der Waals surface area contributed by atoms with Crippen molar-refractivity contribution in [1.82, 2.24) is 9.55 Å². The number of halogens is 1. The van der Waals surface area contributed by atoms with Gasteiger partial charge in [-0.05, 0) is 58.7 Å². The van der Waals surface area contributed by atoms with Crippen molar-refractivity contribution >= 4 is 28.4 Å². The molecule has 0 amide bonds. The Kier molecular flexibility index (Phi) is 3.47. The van der Waals surface area contributed by atoms with Crippen LogP contribution in [0, 0.1) is 13.7 Å². The third-order valence-corrected chi connectivity index (χ3v) is 3.83. The molecule has 1 aliphatic heterocycles. The third-order valence-electron chi connectivity index (χ3n) is 3.11. The molecule has 7 nitrogen and oxygen atoms in total. The van der Waals surface area contributed by atoms with E-state index >= 15 is 0 Å². The smallest absolute Gasteiger partial charge is 0.415 e. The van der Waals surface area contributed by atoms with Crippen molar-refractivity contribution in [2.24, 2.45) is 0 Å². The number of benzene rings is 1. The van der Waals surface area contributed by atoms with Gasteiger partial charge in [-0.25, -0.2) is 0 Å². The summed E-state index contributed by atoms with van der Waals surface area (Å²) in [4.78, 5) is 14.0. The maximum atomic E-state index is 10.7. The van der Waals surface area contributed by atoms with Crippen molar-refractivity contribution in [3.8, 4) is 11.8 Å². The van der Waals surface area contributed by atoms with E-state index in [1.165, 1.54) is 6.20 Å².